The number of nitrogens with one attached hydrogen (secondary N) is 2. The first-order valence-corrected chi connectivity index (χ1v) is 9.51. The molecule has 0 bridgehead atoms. The lowest BCUT2D eigenvalue weighted by atomic mass is 10.1. The molecular weight excluding hydrogens is 384 g/mol. The van der Waals surface area contributed by atoms with Crippen molar-refractivity contribution in [2.45, 2.75) is 20.1 Å². The number of hydrogen-bond acceptors (Lipinski definition) is 5. The van der Waals surface area contributed by atoms with Gasteiger partial charge in [-0.25, -0.2) is 0 Å². The van der Waals surface area contributed by atoms with Gasteiger partial charge in [-0.2, -0.15) is 5.10 Å². The number of carbonyl (C=O) groups is 2. The van der Waals surface area contributed by atoms with Crippen molar-refractivity contribution in [2.24, 2.45) is 0 Å². The van der Waals surface area contributed by atoms with Crippen molar-refractivity contribution in [1.82, 2.24) is 15.1 Å². The molecule has 0 saturated heterocycles. The first-order valence-electron chi connectivity index (χ1n) is 9.51. The van der Waals surface area contributed by atoms with E-state index in [1.807, 2.05) is 37.3 Å². The Morgan fingerprint density at radius 1 is 1.07 bits per heavy atom. The van der Waals surface area contributed by atoms with Gasteiger partial charge in [-0.3, -0.25) is 14.3 Å². The van der Waals surface area contributed by atoms with Gasteiger partial charge in [0.1, 0.15) is 6.61 Å². The van der Waals surface area contributed by atoms with E-state index in [4.69, 9.17) is 9.47 Å². The van der Waals surface area contributed by atoms with Crippen molar-refractivity contribution in [3.63, 3.8) is 0 Å². The lowest BCUT2D eigenvalue weighted by molar-refractivity contribution is 0.0958. The number of benzene rings is 2. The smallest absolute Gasteiger partial charge is 0.273 e. The zero-order chi connectivity index (χ0) is 21.5. The van der Waals surface area contributed by atoms with Crippen molar-refractivity contribution in [3.05, 3.63) is 71.5 Å². The van der Waals surface area contributed by atoms with Crippen molar-refractivity contribution < 1.29 is 19.1 Å². The second-order valence-corrected chi connectivity index (χ2v) is 6.42. The molecule has 3 aromatic rings. The van der Waals surface area contributed by atoms with Crippen LogP contribution < -0.4 is 20.1 Å². The molecule has 3 rings (SSSR count). The summed E-state index contributed by atoms with van der Waals surface area (Å²) in [5.74, 6) is 0.560. The molecule has 1 aromatic heterocycles. The van der Waals surface area contributed by atoms with Gasteiger partial charge in [0, 0.05) is 25.4 Å². The summed E-state index contributed by atoms with van der Waals surface area (Å²) in [5, 5.41) is 9.50. The van der Waals surface area contributed by atoms with Crippen LogP contribution in [0.1, 0.15) is 33.3 Å². The number of nitrogens with zero attached hydrogens (tertiary/aromatic N) is 2. The molecule has 156 valence electrons. The van der Waals surface area contributed by atoms with Crippen LogP contribution in [0, 0.1) is 0 Å². The zero-order valence-corrected chi connectivity index (χ0v) is 17.1. The maximum absolute atomic E-state index is 12.8. The first-order chi connectivity index (χ1) is 14.5. The Morgan fingerprint density at radius 2 is 1.83 bits per heavy atom. The van der Waals surface area contributed by atoms with Crippen LogP contribution >= 0.6 is 0 Å². The zero-order valence-electron chi connectivity index (χ0n) is 17.1. The minimum Gasteiger partial charge on any atom is -0.493 e. The molecule has 0 radical (unpaired) electrons. The summed E-state index contributed by atoms with van der Waals surface area (Å²) in [5.41, 5.74) is 1.80. The van der Waals surface area contributed by atoms with E-state index in [9.17, 15) is 9.59 Å². The van der Waals surface area contributed by atoms with Gasteiger partial charge in [0.2, 0.25) is 0 Å². The van der Waals surface area contributed by atoms with E-state index in [0.29, 0.717) is 29.3 Å². The highest BCUT2D eigenvalue weighted by Crippen LogP contribution is 2.26. The summed E-state index contributed by atoms with van der Waals surface area (Å²) in [6.45, 7) is 2.76. The molecule has 8 nitrogen and oxygen atoms in total. The number of methoxy groups -OCH3 is 1. The molecule has 2 N–H and O–H groups in total. The van der Waals surface area contributed by atoms with Gasteiger partial charge in [0.05, 0.1) is 12.8 Å². The predicted molar refractivity (Wildman–Crippen MR) is 113 cm³/mol. The summed E-state index contributed by atoms with van der Waals surface area (Å²) in [6, 6.07) is 14.5. The minimum atomic E-state index is -0.364. The molecule has 2 aromatic carbocycles. The number of amides is 2. The van der Waals surface area contributed by atoms with Crippen LogP contribution in [0.25, 0.3) is 0 Å². The second kappa shape index (κ2) is 9.60. The van der Waals surface area contributed by atoms with Gasteiger partial charge in [-0.15, -0.1) is 0 Å². The molecule has 0 saturated carbocycles. The molecule has 0 aliphatic heterocycles. The Balaban J connectivity index is 1.74. The van der Waals surface area contributed by atoms with E-state index in [1.54, 1.807) is 36.2 Å². The molecule has 0 aliphatic carbocycles. The molecule has 30 heavy (non-hydrogen) atoms. The molecule has 2 amide bonds. The third-order valence-electron chi connectivity index (χ3n) is 4.43. The summed E-state index contributed by atoms with van der Waals surface area (Å²) >= 11 is 0. The van der Waals surface area contributed by atoms with Crippen molar-refractivity contribution in [3.8, 4) is 11.5 Å². The lowest BCUT2D eigenvalue weighted by Gasteiger charge is -2.11. The van der Waals surface area contributed by atoms with Crippen LogP contribution in [0.4, 0.5) is 5.69 Å². The molecule has 1 heterocycles. The fourth-order valence-electron chi connectivity index (χ4n) is 2.86. The van der Waals surface area contributed by atoms with Gasteiger partial charge < -0.3 is 20.1 Å². The summed E-state index contributed by atoms with van der Waals surface area (Å²) in [4.78, 5) is 24.8. The van der Waals surface area contributed by atoms with Crippen LogP contribution in [0.15, 0.2) is 54.7 Å². The van der Waals surface area contributed by atoms with E-state index < -0.39 is 0 Å². The molecule has 0 spiro atoms. The number of anilines is 1. The van der Waals surface area contributed by atoms with E-state index >= 15 is 0 Å². The fraction of sp³-hybridized carbons (Fsp3) is 0.227. The van der Waals surface area contributed by atoms with Crippen molar-refractivity contribution >= 4 is 17.5 Å². The van der Waals surface area contributed by atoms with Crippen LogP contribution in [0.2, 0.25) is 0 Å². The Morgan fingerprint density at radius 3 is 2.53 bits per heavy atom. The highest BCUT2D eigenvalue weighted by atomic mass is 16.5. The largest absolute Gasteiger partial charge is 0.493 e. The van der Waals surface area contributed by atoms with Gasteiger partial charge in [-0.1, -0.05) is 24.3 Å². The highest BCUT2D eigenvalue weighted by Gasteiger charge is 2.18. The SMILES string of the molecule is CCn1cc(NC(=O)c2cccc(COc3ccccc3OC)c2)c(C(=O)NC)n1. The summed E-state index contributed by atoms with van der Waals surface area (Å²) in [7, 11) is 3.10. The van der Waals surface area contributed by atoms with Gasteiger partial charge in [0.25, 0.3) is 11.8 Å². The molecule has 0 fully saturated rings. The number of aromatic nitrogens is 2. The van der Waals surface area contributed by atoms with Crippen LogP contribution in [-0.4, -0.2) is 35.8 Å². The first kappa shape index (κ1) is 20.9. The number of carbonyl (C=O) groups excluding carboxylic acids is 2. The Hall–Kier alpha value is -3.81. The third-order valence-corrected chi connectivity index (χ3v) is 4.43. The number of para-hydroxylation sites is 2. The fourth-order valence-corrected chi connectivity index (χ4v) is 2.86. The second-order valence-electron chi connectivity index (χ2n) is 6.42. The van der Waals surface area contributed by atoms with Crippen LogP contribution in [-0.2, 0) is 13.2 Å². The topological polar surface area (TPSA) is 94.5 Å². The normalized spacial score (nSPS) is 10.4. The van der Waals surface area contributed by atoms with Crippen molar-refractivity contribution in [2.75, 3.05) is 19.5 Å². The van der Waals surface area contributed by atoms with Gasteiger partial charge >= 0.3 is 0 Å². The van der Waals surface area contributed by atoms with Gasteiger partial charge in [-0.05, 0) is 36.8 Å². The lowest BCUT2D eigenvalue weighted by Crippen LogP contribution is -2.21. The Bertz CT molecular complexity index is 1050. The van der Waals surface area contributed by atoms with Crippen LogP contribution in [0.5, 0.6) is 11.5 Å². The number of hydrogen-bond donors (Lipinski definition) is 2. The van der Waals surface area contributed by atoms with E-state index in [-0.39, 0.29) is 24.1 Å². The monoisotopic (exact) mass is 408 g/mol. The van der Waals surface area contributed by atoms with Gasteiger partial charge in [0.15, 0.2) is 17.2 Å². The maximum Gasteiger partial charge on any atom is 0.273 e. The van der Waals surface area contributed by atoms with E-state index in [0.717, 1.165) is 5.56 Å². The maximum atomic E-state index is 12.8. The molecule has 0 unspecified atom stereocenters. The summed E-state index contributed by atoms with van der Waals surface area (Å²) < 4.78 is 12.7. The molecule has 8 heteroatoms. The van der Waals surface area contributed by atoms with E-state index in [2.05, 4.69) is 15.7 Å². The van der Waals surface area contributed by atoms with Crippen molar-refractivity contribution in [1.29, 1.82) is 0 Å². The number of rotatable bonds is 8. The summed E-state index contributed by atoms with van der Waals surface area (Å²) in [6.07, 6.45) is 1.64. The average Bonchev–Trinajstić information content (AvgIpc) is 3.20. The molecular formula is C22H24N4O4. The molecule has 0 aliphatic rings. The van der Waals surface area contributed by atoms with E-state index in [1.165, 1.54) is 7.05 Å². The highest BCUT2D eigenvalue weighted by molar-refractivity contribution is 6.08. The predicted octanol–water partition coefficient (Wildman–Crippen LogP) is 3.10. The quantitative estimate of drug-likeness (QED) is 0.597. The Labute approximate surface area is 174 Å². The van der Waals surface area contributed by atoms with Crippen LogP contribution in [0.3, 0.4) is 0 Å². The third kappa shape index (κ3) is 4.78. The Kier molecular flexibility index (Phi) is 6.69. The molecule has 0 atom stereocenters. The number of ether oxygens (including phenoxy) is 2. The number of aryl methyl sites for hydroxylation is 1. The average molecular weight is 408 g/mol. The minimum absolute atomic E-state index is 0.170. The standard InChI is InChI=1S/C22H24N4O4/c1-4-26-13-17(20(25-26)22(28)23-2)24-21(27)16-9-7-8-15(12-16)14-30-19-11-6-5-10-18(19)29-3/h5-13H,4,14H2,1-3H3,(H,23,28)(H,24,27).